The molecule has 1 aliphatic rings. The Bertz CT molecular complexity index is 593. The van der Waals surface area contributed by atoms with E-state index >= 15 is 0 Å². The van der Waals surface area contributed by atoms with Crippen LogP contribution in [0.15, 0.2) is 29.2 Å². The van der Waals surface area contributed by atoms with E-state index in [2.05, 4.69) is 4.90 Å². The first-order chi connectivity index (χ1) is 9.90. The molecular weight excluding hydrogens is 306 g/mol. The smallest absolute Gasteiger partial charge is 0.179 e. The summed E-state index contributed by atoms with van der Waals surface area (Å²) in [4.78, 5) is 2.43. The van der Waals surface area contributed by atoms with Crippen LogP contribution in [0.3, 0.4) is 0 Å². The van der Waals surface area contributed by atoms with Gasteiger partial charge in [0.15, 0.2) is 9.84 Å². The van der Waals surface area contributed by atoms with E-state index < -0.39 is 9.84 Å². The highest BCUT2D eigenvalue weighted by molar-refractivity contribution is 7.99. The van der Waals surface area contributed by atoms with Crippen molar-refractivity contribution in [2.24, 2.45) is 5.73 Å². The molecule has 1 atom stereocenters. The molecule has 0 spiro atoms. The fourth-order valence-electron chi connectivity index (χ4n) is 2.28. The van der Waals surface area contributed by atoms with Crippen LogP contribution in [-0.4, -0.2) is 56.0 Å². The zero-order chi connectivity index (χ0) is 15.5. The van der Waals surface area contributed by atoms with Gasteiger partial charge in [0.1, 0.15) is 5.84 Å². The van der Waals surface area contributed by atoms with Crippen LogP contribution < -0.4 is 5.73 Å². The first-order valence-corrected chi connectivity index (χ1v) is 9.66. The Morgan fingerprint density at radius 1 is 1.43 bits per heavy atom. The first kappa shape index (κ1) is 16.3. The van der Waals surface area contributed by atoms with Crippen LogP contribution in [0.5, 0.6) is 0 Å². The fraction of sp³-hybridized carbons (Fsp3) is 0.500. The van der Waals surface area contributed by atoms with Crippen LogP contribution in [0, 0.1) is 5.41 Å². The summed E-state index contributed by atoms with van der Waals surface area (Å²) in [5.74, 6) is 2.31. The molecule has 5 nitrogen and oxygen atoms in total. The van der Waals surface area contributed by atoms with E-state index in [1.54, 1.807) is 12.1 Å². The lowest BCUT2D eigenvalue weighted by atomic mass is 10.2. The van der Waals surface area contributed by atoms with Gasteiger partial charge in [-0.05, 0) is 31.4 Å². The van der Waals surface area contributed by atoms with E-state index in [9.17, 15) is 8.42 Å². The highest BCUT2D eigenvalue weighted by Crippen LogP contribution is 2.21. The molecule has 0 aliphatic carbocycles. The van der Waals surface area contributed by atoms with Crippen molar-refractivity contribution in [3.05, 3.63) is 29.8 Å². The summed E-state index contributed by atoms with van der Waals surface area (Å²) < 4.78 is 24.6. The average molecular weight is 327 g/mol. The molecule has 0 aromatic heterocycles. The van der Waals surface area contributed by atoms with E-state index in [1.807, 2.05) is 18.8 Å². The molecule has 0 radical (unpaired) electrons. The van der Waals surface area contributed by atoms with Gasteiger partial charge in [0, 0.05) is 23.9 Å². The number of thioether (sulfide) groups is 1. The summed E-state index contributed by atoms with van der Waals surface area (Å²) in [6.45, 7) is 0.544. The summed E-state index contributed by atoms with van der Waals surface area (Å²) in [5, 5.41) is 7.31. The van der Waals surface area contributed by atoms with Crippen molar-refractivity contribution in [1.82, 2.24) is 4.90 Å². The molecule has 1 aromatic carbocycles. The van der Waals surface area contributed by atoms with Crippen molar-refractivity contribution in [2.75, 3.05) is 30.9 Å². The lowest BCUT2D eigenvalue weighted by molar-refractivity contribution is 0.277. The Kier molecular flexibility index (Phi) is 5.29. The number of nitrogens with zero attached hydrogens (tertiary/aromatic N) is 1. The minimum atomic E-state index is -3.29. The van der Waals surface area contributed by atoms with Gasteiger partial charge in [0.25, 0.3) is 0 Å². The Labute approximate surface area is 130 Å². The highest BCUT2D eigenvalue weighted by atomic mass is 32.2. The number of benzene rings is 1. The van der Waals surface area contributed by atoms with Gasteiger partial charge < -0.3 is 10.6 Å². The van der Waals surface area contributed by atoms with Crippen molar-refractivity contribution in [2.45, 2.75) is 17.4 Å². The molecule has 116 valence electrons. The normalized spacial score (nSPS) is 19.0. The monoisotopic (exact) mass is 327 g/mol. The van der Waals surface area contributed by atoms with Gasteiger partial charge in [-0.15, -0.1) is 0 Å². The first-order valence-electron chi connectivity index (χ1n) is 6.85. The summed E-state index contributed by atoms with van der Waals surface area (Å²) in [6, 6.07) is 6.69. The number of nitrogens with one attached hydrogen (secondary N) is 1. The third kappa shape index (κ3) is 4.21. The summed E-state index contributed by atoms with van der Waals surface area (Å²) >= 11 is 1.92. The molecule has 0 saturated carbocycles. The molecular formula is C14H21N3O2S2. The Morgan fingerprint density at radius 3 is 2.62 bits per heavy atom. The molecule has 0 bridgehead atoms. The molecule has 1 aromatic rings. The topological polar surface area (TPSA) is 87.2 Å². The largest absolute Gasteiger partial charge is 0.384 e. The predicted octanol–water partition coefficient (Wildman–Crippen LogP) is 1.18. The lowest BCUT2D eigenvalue weighted by Crippen LogP contribution is -2.35. The zero-order valence-corrected chi connectivity index (χ0v) is 13.7. The fourth-order valence-corrected chi connectivity index (χ4v) is 4.89. The van der Waals surface area contributed by atoms with Crippen molar-refractivity contribution in [1.29, 1.82) is 5.41 Å². The van der Waals surface area contributed by atoms with Gasteiger partial charge in [0.2, 0.25) is 0 Å². The number of rotatable bonds is 6. The van der Waals surface area contributed by atoms with Gasteiger partial charge in [0.05, 0.1) is 10.6 Å². The second-order valence-electron chi connectivity index (χ2n) is 5.25. The number of amidine groups is 1. The van der Waals surface area contributed by atoms with Crippen molar-refractivity contribution in [3.63, 3.8) is 0 Å². The molecule has 1 unspecified atom stereocenters. The molecule has 1 saturated heterocycles. The number of hydrogen-bond donors (Lipinski definition) is 2. The Hall–Kier alpha value is -1.05. The van der Waals surface area contributed by atoms with Crippen LogP contribution in [0.4, 0.5) is 0 Å². The third-order valence-electron chi connectivity index (χ3n) is 3.77. The number of nitrogens with two attached hydrogens (primary N) is 1. The maximum absolute atomic E-state index is 12.3. The third-order valence-corrected chi connectivity index (χ3v) is 6.62. The standard InChI is InChI=1S/C14H21N3O2S2/c1-17(12-6-8-20-10-12)7-9-21(18,19)13-4-2-11(3-5-13)14(15)16/h2-5,12H,6-10H2,1H3,(H3,15,16). The summed E-state index contributed by atoms with van der Waals surface area (Å²) in [7, 11) is -1.30. The van der Waals surface area contributed by atoms with Crippen LogP contribution in [0.2, 0.25) is 0 Å². The molecule has 1 heterocycles. The van der Waals surface area contributed by atoms with Crippen molar-refractivity contribution < 1.29 is 8.42 Å². The van der Waals surface area contributed by atoms with Gasteiger partial charge in [-0.2, -0.15) is 11.8 Å². The SMILES string of the molecule is CN(CCS(=O)(=O)c1ccc(C(=N)N)cc1)C1CCSC1. The van der Waals surface area contributed by atoms with Gasteiger partial charge >= 0.3 is 0 Å². The molecule has 7 heteroatoms. The minimum absolute atomic E-state index is 0.0579. The Morgan fingerprint density at radius 2 is 2.10 bits per heavy atom. The van der Waals surface area contributed by atoms with Crippen molar-refractivity contribution in [3.8, 4) is 0 Å². The molecule has 3 N–H and O–H groups in total. The van der Waals surface area contributed by atoms with E-state index in [0.717, 1.165) is 17.9 Å². The van der Waals surface area contributed by atoms with Crippen LogP contribution in [0.1, 0.15) is 12.0 Å². The van der Waals surface area contributed by atoms with E-state index in [1.165, 1.54) is 12.1 Å². The van der Waals surface area contributed by atoms with E-state index in [-0.39, 0.29) is 11.6 Å². The molecule has 1 fully saturated rings. The van der Waals surface area contributed by atoms with Crippen LogP contribution in [-0.2, 0) is 9.84 Å². The minimum Gasteiger partial charge on any atom is -0.384 e. The van der Waals surface area contributed by atoms with Gasteiger partial charge in [-0.1, -0.05) is 12.1 Å². The van der Waals surface area contributed by atoms with E-state index in [0.29, 0.717) is 23.0 Å². The number of hydrogen-bond acceptors (Lipinski definition) is 5. The molecule has 21 heavy (non-hydrogen) atoms. The quantitative estimate of drug-likeness (QED) is 0.605. The van der Waals surface area contributed by atoms with Crippen molar-refractivity contribution >= 4 is 27.4 Å². The van der Waals surface area contributed by atoms with E-state index in [4.69, 9.17) is 11.1 Å². The second kappa shape index (κ2) is 6.81. The summed E-state index contributed by atoms with van der Waals surface area (Å²) in [5.41, 5.74) is 5.90. The maximum atomic E-state index is 12.3. The highest BCUT2D eigenvalue weighted by Gasteiger charge is 2.22. The van der Waals surface area contributed by atoms with Gasteiger partial charge in [-0.25, -0.2) is 8.42 Å². The second-order valence-corrected chi connectivity index (χ2v) is 8.51. The molecule has 0 amide bonds. The van der Waals surface area contributed by atoms with Crippen LogP contribution >= 0.6 is 11.8 Å². The van der Waals surface area contributed by atoms with Crippen LogP contribution in [0.25, 0.3) is 0 Å². The molecule has 1 aliphatic heterocycles. The number of sulfone groups is 1. The summed E-state index contributed by atoms with van der Waals surface area (Å²) in [6.07, 6.45) is 1.13. The zero-order valence-electron chi connectivity index (χ0n) is 12.1. The Balaban J connectivity index is 1.99. The lowest BCUT2D eigenvalue weighted by Gasteiger charge is -2.23. The number of nitrogen functional groups attached to an aromatic ring is 1. The average Bonchev–Trinajstić information content (AvgIpc) is 2.99. The maximum Gasteiger partial charge on any atom is 0.179 e. The van der Waals surface area contributed by atoms with Gasteiger partial charge in [-0.3, -0.25) is 5.41 Å². The predicted molar refractivity (Wildman–Crippen MR) is 87.9 cm³/mol. The molecule has 2 rings (SSSR count).